The van der Waals surface area contributed by atoms with Gasteiger partial charge in [0.1, 0.15) is 10.8 Å². The Kier molecular flexibility index (Phi) is 5.76. The van der Waals surface area contributed by atoms with Gasteiger partial charge in [0.25, 0.3) is 0 Å². The molecule has 0 fully saturated rings. The van der Waals surface area contributed by atoms with Crippen molar-refractivity contribution in [2.24, 2.45) is 0 Å². The zero-order valence-corrected chi connectivity index (χ0v) is 14.1. The van der Waals surface area contributed by atoms with Gasteiger partial charge in [0.05, 0.1) is 18.3 Å². The maximum atomic E-state index is 5.65. The Morgan fingerprint density at radius 3 is 2.43 bits per heavy atom. The molecule has 0 spiro atoms. The van der Waals surface area contributed by atoms with Gasteiger partial charge in [-0.3, -0.25) is 0 Å². The highest BCUT2D eigenvalue weighted by atomic mass is 32.1. The molecule has 1 aromatic carbocycles. The number of thiazole rings is 1. The number of nitrogens with zero attached hydrogens (tertiary/aromatic N) is 1. The third kappa shape index (κ3) is 4.05. The summed E-state index contributed by atoms with van der Waals surface area (Å²) in [6.07, 6.45) is 1.03. The fraction of sp³-hybridized carbons (Fsp3) is 0.471. The van der Waals surface area contributed by atoms with Crippen molar-refractivity contribution in [2.75, 3.05) is 13.2 Å². The molecule has 0 aliphatic carbocycles. The molecular weight excluding hydrogens is 280 g/mol. The molecule has 1 N–H and O–H groups in total. The lowest BCUT2D eigenvalue weighted by atomic mass is 10.1. The summed E-state index contributed by atoms with van der Waals surface area (Å²) >= 11 is 1.77. The molecule has 0 amide bonds. The number of nitrogens with one attached hydrogen (secondary N) is 1. The molecule has 0 saturated carbocycles. The van der Waals surface area contributed by atoms with Gasteiger partial charge in [-0.25, -0.2) is 4.98 Å². The van der Waals surface area contributed by atoms with E-state index in [1.807, 2.05) is 12.1 Å². The molecule has 2 aromatic rings. The molecule has 1 heterocycles. The highest BCUT2D eigenvalue weighted by Gasteiger charge is 2.17. The zero-order valence-electron chi connectivity index (χ0n) is 13.3. The van der Waals surface area contributed by atoms with Gasteiger partial charge in [0, 0.05) is 4.88 Å². The number of benzene rings is 1. The number of ether oxygens (including phenoxy) is 1. The molecule has 21 heavy (non-hydrogen) atoms. The number of rotatable bonds is 7. The van der Waals surface area contributed by atoms with Crippen LogP contribution >= 0.6 is 11.3 Å². The third-order valence-corrected chi connectivity index (χ3v) is 4.52. The zero-order chi connectivity index (χ0) is 15.2. The summed E-state index contributed by atoms with van der Waals surface area (Å²) < 4.78 is 5.65. The van der Waals surface area contributed by atoms with Gasteiger partial charge in [-0.1, -0.05) is 26.0 Å². The van der Waals surface area contributed by atoms with Crippen molar-refractivity contribution in [3.05, 3.63) is 45.4 Å². The summed E-state index contributed by atoms with van der Waals surface area (Å²) in [4.78, 5) is 5.99. The Morgan fingerprint density at radius 2 is 1.90 bits per heavy atom. The van der Waals surface area contributed by atoms with Crippen LogP contribution in [0.25, 0.3) is 0 Å². The van der Waals surface area contributed by atoms with E-state index in [1.54, 1.807) is 11.3 Å². The first-order chi connectivity index (χ1) is 10.2. The minimum absolute atomic E-state index is 0.160. The van der Waals surface area contributed by atoms with Crippen LogP contribution < -0.4 is 10.1 Å². The SMILES string of the molecule is CCCOc1ccc(C(NCC)c2nc(C)c(C)s2)cc1. The van der Waals surface area contributed by atoms with Crippen molar-refractivity contribution < 1.29 is 4.74 Å². The lowest BCUT2D eigenvalue weighted by molar-refractivity contribution is 0.317. The summed E-state index contributed by atoms with van der Waals surface area (Å²) in [6, 6.07) is 8.51. The van der Waals surface area contributed by atoms with Gasteiger partial charge in [-0.2, -0.15) is 0 Å². The first-order valence-corrected chi connectivity index (χ1v) is 8.37. The molecule has 1 aromatic heterocycles. The Labute approximate surface area is 131 Å². The van der Waals surface area contributed by atoms with E-state index in [0.717, 1.165) is 36.0 Å². The van der Waals surface area contributed by atoms with E-state index in [-0.39, 0.29) is 6.04 Å². The third-order valence-electron chi connectivity index (χ3n) is 3.39. The fourth-order valence-corrected chi connectivity index (χ4v) is 3.18. The van der Waals surface area contributed by atoms with E-state index >= 15 is 0 Å². The normalized spacial score (nSPS) is 12.4. The average Bonchev–Trinajstić information content (AvgIpc) is 2.82. The lowest BCUT2D eigenvalue weighted by Crippen LogP contribution is -2.21. The monoisotopic (exact) mass is 304 g/mol. The van der Waals surface area contributed by atoms with E-state index in [1.165, 1.54) is 10.4 Å². The summed E-state index contributed by atoms with van der Waals surface area (Å²) in [5.74, 6) is 0.933. The van der Waals surface area contributed by atoms with E-state index in [2.05, 4.69) is 45.1 Å². The molecular formula is C17H24N2OS. The minimum atomic E-state index is 0.160. The van der Waals surface area contributed by atoms with Crippen molar-refractivity contribution in [3.63, 3.8) is 0 Å². The van der Waals surface area contributed by atoms with Gasteiger partial charge in [0.2, 0.25) is 0 Å². The van der Waals surface area contributed by atoms with Crippen LogP contribution in [0.15, 0.2) is 24.3 Å². The van der Waals surface area contributed by atoms with Gasteiger partial charge in [0.15, 0.2) is 0 Å². The Morgan fingerprint density at radius 1 is 1.19 bits per heavy atom. The molecule has 3 nitrogen and oxygen atoms in total. The Hall–Kier alpha value is -1.39. The number of hydrogen-bond acceptors (Lipinski definition) is 4. The van der Waals surface area contributed by atoms with Gasteiger partial charge < -0.3 is 10.1 Å². The lowest BCUT2D eigenvalue weighted by Gasteiger charge is -2.16. The molecule has 1 atom stereocenters. The first kappa shape index (κ1) is 16.0. The predicted molar refractivity (Wildman–Crippen MR) is 89.3 cm³/mol. The topological polar surface area (TPSA) is 34.1 Å². The molecule has 114 valence electrons. The highest BCUT2D eigenvalue weighted by Crippen LogP contribution is 2.29. The van der Waals surface area contributed by atoms with Gasteiger partial charge in [-0.15, -0.1) is 11.3 Å². The maximum Gasteiger partial charge on any atom is 0.119 e. The Balaban J connectivity index is 2.21. The highest BCUT2D eigenvalue weighted by molar-refractivity contribution is 7.11. The van der Waals surface area contributed by atoms with Crippen LogP contribution in [0.4, 0.5) is 0 Å². The second kappa shape index (κ2) is 7.57. The molecule has 0 bridgehead atoms. The molecule has 1 unspecified atom stereocenters. The molecule has 0 saturated heterocycles. The summed E-state index contributed by atoms with van der Waals surface area (Å²) in [6.45, 7) is 10.1. The van der Waals surface area contributed by atoms with Crippen LogP contribution in [0.5, 0.6) is 5.75 Å². The van der Waals surface area contributed by atoms with Crippen LogP contribution in [-0.2, 0) is 0 Å². The molecule has 2 rings (SSSR count). The molecule has 4 heteroatoms. The van der Waals surface area contributed by atoms with Crippen molar-refractivity contribution in [1.29, 1.82) is 0 Å². The maximum absolute atomic E-state index is 5.65. The smallest absolute Gasteiger partial charge is 0.119 e. The largest absolute Gasteiger partial charge is 0.494 e. The average molecular weight is 304 g/mol. The number of hydrogen-bond donors (Lipinski definition) is 1. The van der Waals surface area contributed by atoms with Crippen molar-refractivity contribution >= 4 is 11.3 Å². The number of aryl methyl sites for hydroxylation is 2. The van der Waals surface area contributed by atoms with E-state index in [4.69, 9.17) is 9.72 Å². The van der Waals surface area contributed by atoms with E-state index in [0.29, 0.717) is 0 Å². The second-order valence-corrected chi connectivity index (χ2v) is 6.34. The number of aromatic nitrogens is 1. The van der Waals surface area contributed by atoms with Crippen molar-refractivity contribution in [1.82, 2.24) is 10.3 Å². The summed E-state index contributed by atoms with van der Waals surface area (Å²) in [7, 11) is 0. The van der Waals surface area contributed by atoms with Crippen LogP contribution in [-0.4, -0.2) is 18.1 Å². The summed E-state index contributed by atoms with van der Waals surface area (Å²) in [5.41, 5.74) is 2.36. The van der Waals surface area contributed by atoms with Gasteiger partial charge >= 0.3 is 0 Å². The minimum Gasteiger partial charge on any atom is -0.494 e. The van der Waals surface area contributed by atoms with Crippen molar-refractivity contribution in [2.45, 2.75) is 40.2 Å². The molecule has 0 aliphatic heterocycles. The molecule has 0 radical (unpaired) electrons. The van der Waals surface area contributed by atoms with Crippen LogP contribution in [0.1, 0.15) is 47.5 Å². The van der Waals surface area contributed by atoms with Crippen LogP contribution in [0.2, 0.25) is 0 Å². The van der Waals surface area contributed by atoms with Crippen LogP contribution in [0.3, 0.4) is 0 Å². The Bertz CT molecular complexity index is 543. The first-order valence-electron chi connectivity index (χ1n) is 7.55. The van der Waals surface area contributed by atoms with E-state index in [9.17, 15) is 0 Å². The quantitative estimate of drug-likeness (QED) is 0.830. The van der Waals surface area contributed by atoms with E-state index < -0.39 is 0 Å². The van der Waals surface area contributed by atoms with Gasteiger partial charge in [-0.05, 0) is 44.5 Å². The second-order valence-electron chi connectivity index (χ2n) is 5.10. The van der Waals surface area contributed by atoms with Crippen molar-refractivity contribution in [3.8, 4) is 5.75 Å². The summed E-state index contributed by atoms with van der Waals surface area (Å²) in [5, 5.41) is 4.66. The fourth-order valence-electron chi connectivity index (χ4n) is 2.15. The predicted octanol–water partition coefficient (Wildman–Crippen LogP) is 4.25. The van der Waals surface area contributed by atoms with Crippen LogP contribution in [0, 0.1) is 13.8 Å². The standard InChI is InChI=1S/C17H24N2OS/c1-5-11-20-15-9-7-14(8-10-15)16(18-6-2)17-19-12(3)13(4)21-17/h7-10,16,18H,5-6,11H2,1-4H3. The molecule has 0 aliphatic rings.